The molecule has 124 valence electrons. The van der Waals surface area contributed by atoms with E-state index in [0.717, 1.165) is 11.3 Å². The van der Waals surface area contributed by atoms with Gasteiger partial charge < -0.3 is 9.47 Å². The van der Waals surface area contributed by atoms with Crippen molar-refractivity contribution in [2.75, 3.05) is 13.7 Å². The molecule has 0 saturated heterocycles. The Morgan fingerprint density at radius 2 is 1.83 bits per heavy atom. The number of hydrogen-bond acceptors (Lipinski definition) is 4. The van der Waals surface area contributed by atoms with Crippen LogP contribution < -0.4 is 14.2 Å². The van der Waals surface area contributed by atoms with Crippen LogP contribution in [0.3, 0.4) is 0 Å². The van der Waals surface area contributed by atoms with Crippen LogP contribution in [0.15, 0.2) is 51.8 Å². The topological polar surface area (TPSA) is 64.6 Å². The van der Waals surface area contributed by atoms with Gasteiger partial charge in [0.15, 0.2) is 0 Å². The van der Waals surface area contributed by atoms with E-state index < -0.39 is 10.0 Å². The van der Waals surface area contributed by atoms with Crippen LogP contribution in [0.4, 0.5) is 0 Å². The van der Waals surface area contributed by atoms with Crippen molar-refractivity contribution in [3.63, 3.8) is 0 Å². The van der Waals surface area contributed by atoms with Crippen LogP contribution in [0.1, 0.15) is 12.5 Å². The van der Waals surface area contributed by atoms with Crippen LogP contribution >= 0.6 is 15.9 Å². The van der Waals surface area contributed by atoms with Crippen LogP contribution in [0.5, 0.6) is 11.5 Å². The van der Waals surface area contributed by atoms with Crippen molar-refractivity contribution in [3.8, 4) is 11.5 Å². The Kier molecular flexibility index (Phi) is 6.04. The predicted molar refractivity (Wildman–Crippen MR) is 92.3 cm³/mol. The minimum atomic E-state index is -3.68. The molecule has 2 aromatic carbocycles. The quantitative estimate of drug-likeness (QED) is 0.775. The minimum absolute atomic E-state index is 0.0975. The first kappa shape index (κ1) is 17.8. The highest BCUT2D eigenvalue weighted by Crippen LogP contribution is 2.27. The number of ether oxygens (including phenoxy) is 2. The number of hydrogen-bond donors (Lipinski definition) is 1. The second-order valence-electron chi connectivity index (χ2n) is 4.70. The van der Waals surface area contributed by atoms with Crippen molar-refractivity contribution in [1.29, 1.82) is 0 Å². The molecule has 0 atom stereocenters. The molecule has 0 bridgehead atoms. The molecule has 5 nitrogen and oxygen atoms in total. The fraction of sp³-hybridized carbons (Fsp3) is 0.250. The van der Waals surface area contributed by atoms with Gasteiger partial charge in [0.05, 0.1) is 13.7 Å². The van der Waals surface area contributed by atoms with Gasteiger partial charge in [0, 0.05) is 11.0 Å². The van der Waals surface area contributed by atoms with Gasteiger partial charge in [-0.25, -0.2) is 13.1 Å². The Bertz CT molecular complexity index is 760. The Balaban J connectivity index is 2.14. The third kappa shape index (κ3) is 4.70. The number of benzene rings is 2. The zero-order chi connectivity index (χ0) is 16.9. The predicted octanol–water partition coefficient (Wildman–Crippen LogP) is 3.33. The largest absolute Gasteiger partial charge is 0.495 e. The zero-order valence-corrected chi connectivity index (χ0v) is 15.3. The second-order valence-corrected chi connectivity index (χ2v) is 7.35. The van der Waals surface area contributed by atoms with E-state index in [2.05, 4.69) is 20.7 Å². The summed E-state index contributed by atoms with van der Waals surface area (Å²) >= 11 is 3.27. The van der Waals surface area contributed by atoms with Gasteiger partial charge in [0.2, 0.25) is 10.0 Å². The smallest absolute Gasteiger partial charge is 0.244 e. The van der Waals surface area contributed by atoms with E-state index in [4.69, 9.17) is 9.47 Å². The summed E-state index contributed by atoms with van der Waals surface area (Å²) in [5.74, 6) is 1.06. The van der Waals surface area contributed by atoms with E-state index in [0.29, 0.717) is 16.8 Å². The van der Waals surface area contributed by atoms with Gasteiger partial charge in [-0.05, 0) is 42.8 Å². The second kappa shape index (κ2) is 7.81. The summed E-state index contributed by atoms with van der Waals surface area (Å²) in [4.78, 5) is 0.0975. The summed E-state index contributed by atoms with van der Waals surface area (Å²) in [6.07, 6.45) is 0. The van der Waals surface area contributed by atoms with Crippen molar-refractivity contribution in [3.05, 3.63) is 52.5 Å². The lowest BCUT2D eigenvalue weighted by atomic mass is 10.2. The van der Waals surface area contributed by atoms with Crippen LogP contribution in [-0.4, -0.2) is 22.1 Å². The van der Waals surface area contributed by atoms with Crippen molar-refractivity contribution < 1.29 is 17.9 Å². The number of halogens is 1. The maximum absolute atomic E-state index is 12.5. The van der Waals surface area contributed by atoms with Crippen molar-refractivity contribution in [2.45, 2.75) is 18.4 Å². The van der Waals surface area contributed by atoms with Crippen LogP contribution in [0.2, 0.25) is 0 Å². The monoisotopic (exact) mass is 399 g/mol. The molecule has 0 aromatic heterocycles. The fourth-order valence-corrected chi connectivity index (χ4v) is 3.71. The molecular formula is C16H18BrNO4S. The number of nitrogens with one attached hydrogen (secondary N) is 1. The molecule has 0 spiro atoms. The molecule has 2 rings (SSSR count). The Morgan fingerprint density at radius 3 is 2.43 bits per heavy atom. The molecule has 0 aliphatic carbocycles. The molecule has 0 unspecified atom stereocenters. The van der Waals surface area contributed by atoms with E-state index in [-0.39, 0.29) is 11.4 Å². The highest BCUT2D eigenvalue weighted by atomic mass is 79.9. The van der Waals surface area contributed by atoms with E-state index in [9.17, 15) is 8.42 Å². The van der Waals surface area contributed by atoms with Crippen LogP contribution in [-0.2, 0) is 16.6 Å². The van der Waals surface area contributed by atoms with Crippen molar-refractivity contribution >= 4 is 26.0 Å². The van der Waals surface area contributed by atoms with E-state index in [1.165, 1.54) is 13.2 Å². The van der Waals surface area contributed by atoms with Gasteiger partial charge in [0.25, 0.3) is 0 Å². The molecule has 0 aliphatic rings. The lowest BCUT2D eigenvalue weighted by Crippen LogP contribution is -2.23. The minimum Gasteiger partial charge on any atom is -0.495 e. The van der Waals surface area contributed by atoms with Crippen LogP contribution in [0, 0.1) is 0 Å². The molecule has 0 aliphatic heterocycles. The summed E-state index contributed by atoms with van der Waals surface area (Å²) in [5.41, 5.74) is 0.839. The lowest BCUT2D eigenvalue weighted by molar-refractivity contribution is 0.340. The maximum atomic E-state index is 12.5. The normalized spacial score (nSPS) is 11.3. The number of rotatable bonds is 7. The number of sulfonamides is 1. The highest BCUT2D eigenvalue weighted by Gasteiger charge is 2.19. The molecule has 1 N–H and O–H groups in total. The Morgan fingerprint density at radius 1 is 1.13 bits per heavy atom. The highest BCUT2D eigenvalue weighted by molar-refractivity contribution is 9.10. The first-order chi connectivity index (χ1) is 11.0. The summed E-state index contributed by atoms with van der Waals surface area (Å²) in [6.45, 7) is 2.69. The molecule has 23 heavy (non-hydrogen) atoms. The third-order valence-corrected chi connectivity index (χ3v) is 5.03. The summed E-state index contributed by atoms with van der Waals surface area (Å²) in [5, 5.41) is 0. The summed E-state index contributed by atoms with van der Waals surface area (Å²) < 4.78 is 38.7. The van der Waals surface area contributed by atoms with Gasteiger partial charge in [-0.1, -0.05) is 28.1 Å². The van der Waals surface area contributed by atoms with Gasteiger partial charge >= 0.3 is 0 Å². The average molecular weight is 400 g/mol. The zero-order valence-electron chi connectivity index (χ0n) is 12.9. The first-order valence-corrected chi connectivity index (χ1v) is 9.29. The number of methoxy groups -OCH3 is 1. The molecule has 0 fully saturated rings. The molecule has 0 amide bonds. The summed E-state index contributed by atoms with van der Waals surface area (Å²) in [7, 11) is -2.24. The van der Waals surface area contributed by atoms with E-state index in [1.807, 2.05) is 31.2 Å². The fourth-order valence-electron chi connectivity index (χ4n) is 1.99. The van der Waals surface area contributed by atoms with Crippen molar-refractivity contribution in [1.82, 2.24) is 4.72 Å². The molecule has 0 saturated carbocycles. The van der Waals surface area contributed by atoms with Gasteiger partial charge in [0.1, 0.15) is 16.4 Å². The maximum Gasteiger partial charge on any atom is 0.244 e. The van der Waals surface area contributed by atoms with Crippen molar-refractivity contribution in [2.24, 2.45) is 0 Å². The van der Waals surface area contributed by atoms with Gasteiger partial charge in [-0.15, -0.1) is 0 Å². The molecule has 0 heterocycles. The summed E-state index contributed by atoms with van der Waals surface area (Å²) in [6, 6.07) is 12.1. The molecular weight excluding hydrogens is 382 g/mol. The Labute approximate surface area is 144 Å². The Hall–Kier alpha value is -1.57. The van der Waals surface area contributed by atoms with Crippen LogP contribution in [0.25, 0.3) is 0 Å². The third-order valence-electron chi connectivity index (χ3n) is 3.12. The van der Waals surface area contributed by atoms with Gasteiger partial charge in [-0.3, -0.25) is 0 Å². The van der Waals surface area contributed by atoms with E-state index >= 15 is 0 Å². The van der Waals surface area contributed by atoms with Gasteiger partial charge in [-0.2, -0.15) is 0 Å². The van der Waals surface area contributed by atoms with E-state index in [1.54, 1.807) is 12.1 Å². The SMILES string of the molecule is CCOc1ccc(CNS(=O)(=O)c2cc(Br)ccc2OC)cc1. The molecule has 7 heteroatoms. The molecule has 0 radical (unpaired) electrons. The average Bonchev–Trinajstić information content (AvgIpc) is 2.54. The standard InChI is InChI=1S/C16H18BrNO4S/c1-3-22-14-7-4-12(5-8-14)11-18-23(19,20)16-10-13(17)6-9-15(16)21-2/h4-10,18H,3,11H2,1-2H3. The lowest BCUT2D eigenvalue weighted by Gasteiger charge is -2.11. The first-order valence-electron chi connectivity index (χ1n) is 7.01. The molecule has 2 aromatic rings.